The first-order chi connectivity index (χ1) is 17.6. The molecule has 4 rings (SSSR count). The highest BCUT2D eigenvalue weighted by Crippen LogP contribution is 2.33. The molecule has 2 amide bonds. The lowest BCUT2D eigenvalue weighted by atomic mass is 9.97. The van der Waals surface area contributed by atoms with E-state index in [4.69, 9.17) is 18.6 Å². The van der Waals surface area contributed by atoms with Crippen LogP contribution < -0.4 is 9.47 Å². The first kappa shape index (κ1) is 26.1. The van der Waals surface area contributed by atoms with E-state index in [9.17, 15) is 9.59 Å². The molecule has 1 saturated heterocycles. The molecule has 0 aliphatic carbocycles. The summed E-state index contributed by atoms with van der Waals surface area (Å²) in [6.45, 7) is 6.24. The Kier molecular flexibility index (Phi) is 9.28. The lowest BCUT2D eigenvalue weighted by molar-refractivity contribution is -0.145. The van der Waals surface area contributed by atoms with E-state index in [1.54, 1.807) is 16.1 Å². The number of unbranched alkanes of at least 4 members (excludes halogenated alkanes) is 1. The van der Waals surface area contributed by atoms with Crippen molar-refractivity contribution in [3.05, 3.63) is 47.9 Å². The fourth-order valence-corrected chi connectivity index (χ4v) is 4.82. The molecule has 2 aromatic rings. The van der Waals surface area contributed by atoms with E-state index in [1.807, 2.05) is 37.3 Å². The number of hydrogen-bond acceptors (Lipinski definition) is 6. The van der Waals surface area contributed by atoms with Crippen LogP contribution in [0.15, 0.2) is 41.0 Å². The minimum Gasteiger partial charge on any atom is -0.467 e. The van der Waals surface area contributed by atoms with Gasteiger partial charge in [0.25, 0.3) is 0 Å². The van der Waals surface area contributed by atoms with Crippen LogP contribution in [0.5, 0.6) is 11.5 Å². The number of benzene rings is 1. The van der Waals surface area contributed by atoms with Crippen molar-refractivity contribution in [2.45, 2.75) is 71.6 Å². The first-order valence-electron chi connectivity index (χ1n) is 13.2. The van der Waals surface area contributed by atoms with Crippen molar-refractivity contribution in [1.82, 2.24) is 9.80 Å². The van der Waals surface area contributed by atoms with Crippen LogP contribution in [0, 0.1) is 5.92 Å². The highest BCUT2D eigenvalue weighted by Gasteiger charge is 2.30. The molecular formula is C28H38N2O6. The van der Waals surface area contributed by atoms with Gasteiger partial charge < -0.3 is 28.4 Å². The van der Waals surface area contributed by atoms with Crippen molar-refractivity contribution in [1.29, 1.82) is 0 Å². The number of carbonyl (C=O) groups is 2. The quantitative estimate of drug-likeness (QED) is 0.396. The monoisotopic (exact) mass is 498 g/mol. The summed E-state index contributed by atoms with van der Waals surface area (Å²) < 4.78 is 22.3. The normalized spacial score (nSPS) is 17.2. The first-order valence-corrected chi connectivity index (χ1v) is 13.2. The fraction of sp³-hybridized carbons (Fsp3) is 0.571. The number of furan rings is 1. The second-order valence-electron chi connectivity index (χ2n) is 9.62. The van der Waals surface area contributed by atoms with E-state index in [1.165, 1.54) is 0 Å². The molecule has 36 heavy (non-hydrogen) atoms. The predicted molar refractivity (Wildman–Crippen MR) is 134 cm³/mol. The molecule has 0 radical (unpaired) electrons. The average Bonchev–Trinajstić information content (AvgIpc) is 3.66. The molecule has 196 valence electrons. The number of ether oxygens (including phenoxy) is 3. The Hall–Kier alpha value is -3.00. The molecule has 1 aromatic carbocycles. The Bertz CT molecular complexity index is 986. The predicted octanol–water partition coefficient (Wildman–Crippen LogP) is 4.76. The Morgan fingerprint density at radius 2 is 1.94 bits per heavy atom. The number of fused-ring (bicyclic) bond motifs is 1. The molecule has 8 nitrogen and oxygen atoms in total. The topological polar surface area (TPSA) is 81.5 Å². The fourth-order valence-electron chi connectivity index (χ4n) is 4.82. The molecule has 0 spiro atoms. The van der Waals surface area contributed by atoms with Gasteiger partial charge in [0.15, 0.2) is 11.5 Å². The SMILES string of the molecule is CCCC[C@@H](CC)C(=O)N(CC(=O)N(Cc1ccc2c(c1)OCO2)Cc1ccco1)C[C@@H]1CCCO1. The summed E-state index contributed by atoms with van der Waals surface area (Å²) in [5.41, 5.74) is 0.922. The minimum absolute atomic E-state index is 0.0159. The smallest absolute Gasteiger partial charge is 0.242 e. The summed E-state index contributed by atoms with van der Waals surface area (Å²) in [5, 5.41) is 0. The molecule has 0 N–H and O–H groups in total. The van der Waals surface area contributed by atoms with Crippen molar-refractivity contribution in [2.75, 3.05) is 26.5 Å². The van der Waals surface area contributed by atoms with Crippen LogP contribution in [0.2, 0.25) is 0 Å². The maximum atomic E-state index is 13.7. The zero-order valence-electron chi connectivity index (χ0n) is 21.4. The van der Waals surface area contributed by atoms with Crippen LogP contribution in [-0.2, 0) is 27.4 Å². The van der Waals surface area contributed by atoms with Crippen LogP contribution >= 0.6 is 0 Å². The third-order valence-corrected chi connectivity index (χ3v) is 6.92. The van der Waals surface area contributed by atoms with E-state index >= 15 is 0 Å². The van der Waals surface area contributed by atoms with Gasteiger partial charge in [-0.3, -0.25) is 9.59 Å². The molecular weight excluding hydrogens is 460 g/mol. The Morgan fingerprint density at radius 1 is 1.08 bits per heavy atom. The van der Waals surface area contributed by atoms with Crippen LogP contribution in [0.3, 0.4) is 0 Å². The van der Waals surface area contributed by atoms with Crippen molar-refractivity contribution in [2.24, 2.45) is 5.92 Å². The number of hydrogen-bond donors (Lipinski definition) is 0. The van der Waals surface area contributed by atoms with Gasteiger partial charge in [-0.15, -0.1) is 0 Å². The van der Waals surface area contributed by atoms with Gasteiger partial charge in [-0.25, -0.2) is 0 Å². The van der Waals surface area contributed by atoms with Gasteiger partial charge in [0.2, 0.25) is 18.6 Å². The third kappa shape index (κ3) is 6.81. The Labute approximate surface area is 213 Å². The lowest BCUT2D eigenvalue weighted by Gasteiger charge is -2.31. The van der Waals surface area contributed by atoms with Crippen molar-refractivity contribution in [3.8, 4) is 11.5 Å². The molecule has 1 aromatic heterocycles. The minimum atomic E-state index is -0.124. The highest BCUT2D eigenvalue weighted by molar-refractivity contribution is 5.86. The van der Waals surface area contributed by atoms with Crippen LogP contribution in [0.1, 0.15) is 63.7 Å². The Morgan fingerprint density at radius 3 is 2.67 bits per heavy atom. The maximum Gasteiger partial charge on any atom is 0.242 e. The third-order valence-electron chi connectivity index (χ3n) is 6.92. The van der Waals surface area contributed by atoms with E-state index in [0.29, 0.717) is 43.5 Å². The standard InChI is InChI=1S/C28H38N2O6/c1-3-5-8-22(4-2)28(32)30(18-24-10-7-14-34-24)19-27(31)29(17-23-9-6-13-33-23)16-21-11-12-25-26(15-21)36-20-35-25/h6,9,11-13,15,22,24H,3-5,7-8,10,14,16-20H2,1-2H3/t22-,24+/m1/s1. The number of nitrogens with zero attached hydrogens (tertiary/aromatic N) is 2. The summed E-state index contributed by atoms with van der Waals surface area (Å²) in [5.74, 6) is 1.92. The second kappa shape index (κ2) is 12.8. The molecule has 0 bridgehead atoms. The van der Waals surface area contributed by atoms with Crippen LogP contribution in [0.4, 0.5) is 0 Å². The molecule has 0 saturated carbocycles. The van der Waals surface area contributed by atoms with E-state index in [-0.39, 0.29) is 37.2 Å². The molecule has 2 aliphatic heterocycles. The molecule has 0 unspecified atom stereocenters. The van der Waals surface area contributed by atoms with Crippen molar-refractivity contribution in [3.63, 3.8) is 0 Å². The summed E-state index contributed by atoms with van der Waals surface area (Å²) in [6.07, 6.45) is 7.14. The van der Waals surface area contributed by atoms with Crippen LogP contribution in [0.25, 0.3) is 0 Å². The van der Waals surface area contributed by atoms with Gasteiger partial charge in [-0.1, -0.05) is 32.8 Å². The summed E-state index contributed by atoms with van der Waals surface area (Å²) >= 11 is 0. The summed E-state index contributed by atoms with van der Waals surface area (Å²) in [7, 11) is 0. The molecule has 3 heterocycles. The van der Waals surface area contributed by atoms with E-state index < -0.39 is 0 Å². The average molecular weight is 499 g/mol. The molecule has 2 atom stereocenters. The molecule has 8 heteroatoms. The second-order valence-corrected chi connectivity index (χ2v) is 9.62. The number of amides is 2. The molecule has 2 aliphatic rings. The van der Waals surface area contributed by atoms with Gasteiger partial charge in [-0.05, 0) is 55.5 Å². The number of carbonyl (C=O) groups excluding carboxylic acids is 2. The maximum absolute atomic E-state index is 13.7. The van der Waals surface area contributed by atoms with Gasteiger partial charge in [0.05, 0.1) is 25.5 Å². The van der Waals surface area contributed by atoms with Crippen molar-refractivity contribution < 1.29 is 28.2 Å². The molecule has 1 fully saturated rings. The van der Waals surface area contributed by atoms with Gasteiger partial charge in [-0.2, -0.15) is 0 Å². The largest absolute Gasteiger partial charge is 0.467 e. The van der Waals surface area contributed by atoms with Crippen LogP contribution in [-0.4, -0.2) is 54.2 Å². The number of rotatable bonds is 13. The van der Waals surface area contributed by atoms with E-state index in [2.05, 4.69) is 6.92 Å². The van der Waals surface area contributed by atoms with Gasteiger partial charge >= 0.3 is 0 Å². The highest BCUT2D eigenvalue weighted by atomic mass is 16.7. The van der Waals surface area contributed by atoms with Gasteiger partial charge in [0.1, 0.15) is 5.76 Å². The van der Waals surface area contributed by atoms with E-state index in [0.717, 1.165) is 44.1 Å². The lowest BCUT2D eigenvalue weighted by Crippen LogP contribution is -2.47. The van der Waals surface area contributed by atoms with Crippen molar-refractivity contribution >= 4 is 11.8 Å². The summed E-state index contributed by atoms with van der Waals surface area (Å²) in [6, 6.07) is 9.36. The zero-order chi connectivity index (χ0) is 25.3. The van der Waals surface area contributed by atoms with Gasteiger partial charge in [0, 0.05) is 25.6 Å². The Balaban J connectivity index is 1.51. The summed E-state index contributed by atoms with van der Waals surface area (Å²) in [4.78, 5) is 30.8. The zero-order valence-corrected chi connectivity index (χ0v) is 21.4.